The molecule has 0 aromatic heterocycles. The molecule has 20 heavy (non-hydrogen) atoms. The number of carbonyl (C=O) groups is 1. The Labute approximate surface area is 118 Å². The normalized spacial score (nSPS) is 21.6. The second kappa shape index (κ2) is 3.60. The van der Waals surface area contributed by atoms with Crippen molar-refractivity contribution >= 4 is 5.78 Å². The molecule has 0 N–H and O–H groups in total. The predicted octanol–water partition coefficient (Wildman–Crippen LogP) is 4.26. The molecule has 0 radical (unpaired) electrons. The zero-order valence-electron chi connectivity index (χ0n) is 11.4. The molecule has 1 heteroatoms. The second-order valence-electron chi connectivity index (χ2n) is 6.30. The molecule has 0 saturated heterocycles. The summed E-state index contributed by atoms with van der Waals surface area (Å²) in [5.74, 6) is 0.941. The number of rotatable bonds is 0. The Morgan fingerprint density at radius 2 is 1.80 bits per heavy atom. The summed E-state index contributed by atoms with van der Waals surface area (Å²) in [6.07, 6.45) is 5.39. The van der Waals surface area contributed by atoms with Gasteiger partial charge in [-0.25, -0.2) is 0 Å². The lowest BCUT2D eigenvalue weighted by atomic mass is 9.79. The molecular weight excluding hydrogens is 244 g/mol. The van der Waals surface area contributed by atoms with Crippen LogP contribution in [0.5, 0.6) is 0 Å². The average Bonchev–Trinajstić information content (AvgIpc) is 3.02. The third kappa shape index (κ3) is 1.17. The van der Waals surface area contributed by atoms with Crippen molar-refractivity contribution in [1.29, 1.82) is 0 Å². The average molecular weight is 260 g/mol. The number of hydrogen-bond donors (Lipinski definition) is 0. The summed E-state index contributed by atoms with van der Waals surface area (Å²) in [4.78, 5) is 12.1. The molecule has 3 aliphatic rings. The minimum absolute atomic E-state index is 0.352. The van der Waals surface area contributed by atoms with Crippen molar-refractivity contribution in [3.63, 3.8) is 0 Å². The first-order chi connectivity index (χ1) is 9.84. The van der Waals surface area contributed by atoms with Gasteiger partial charge in [-0.1, -0.05) is 24.3 Å². The van der Waals surface area contributed by atoms with Crippen molar-refractivity contribution in [2.45, 2.75) is 38.0 Å². The third-order valence-electron chi connectivity index (χ3n) is 5.39. The van der Waals surface area contributed by atoms with E-state index in [0.29, 0.717) is 11.7 Å². The van der Waals surface area contributed by atoms with Crippen molar-refractivity contribution in [2.75, 3.05) is 0 Å². The molecule has 2 aromatic carbocycles. The SMILES string of the molecule is O=C1CCc2c1cc1c3c2CCC[C@H]3c2ccccc2-1. The van der Waals surface area contributed by atoms with Crippen LogP contribution < -0.4 is 0 Å². The molecule has 1 nitrogen and oxygen atoms in total. The summed E-state index contributed by atoms with van der Waals surface area (Å²) >= 11 is 0. The van der Waals surface area contributed by atoms with Crippen LogP contribution in [-0.4, -0.2) is 5.78 Å². The maximum atomic E-state index is 12.1. The zero-order valence-corrected chi connectivity index (χ0v) is 11.4. The van der Waals surface area contributed by atoms with Crippen LogP contribution in [0.1, 0.15) is 57.8 Å². The van der Waals surface area contributed by atoms with Gasteiger partial charge in [0.2, 0.25) is 0 Å². The Kier molecular flexibility index (Phi) is 1.95. The standard InChI is InChI=1S/C19H16O/c20-18-9-8-13-15-7-3-6-14-11-4-1-2-5-12(11)17(19(14)15)10-16(13)18/h1-2,4-5,10,14H,3,6-9H2/t14-/m0/s1. The Morgan fingerprint density at radius 1 is 0.900 bits per heavy atom. The Morgan fingerprint density at radius 3 is 2.75 bits per heavy atom. The van der Waals surface area contributed by atoms with Crippen molar-refractivity contribution in [1.82, 2.24) is 0 Å². The number of Topliss-reactive ketones (excluding diaryl/α,β-unsaturated/α-hetero) is 1. The van der Waals surface area contributed by atoms with E-state index < -0.39 is 0 Å². The summed E-state index contributed by atoms with van der Waals surface area (Å²) in [5, 5.41) is 0. The summed E-state index contributed by atoms with van der Waals surface area (Å²) in [6, 6.07) is 11.0. The lowest BCUT2D eigenvalue weighted by molar-refractivity contribution is 0.0994. The molecule has 98 valence electrons. The highest BCUT2D eigenvalue weighted by molar-refractivity contribution is 6.03. The van der Waals surface area contributed by atoms with Crippen molar-refractivity contribution in [3.05, 3.63) is 58.1 Å². The van der Waals surface area contributed by atoms with E-state index in [1.165, 1.54) is 47.1 Å². The first-order valence-corrected chi connectivity index (χ1v) is 7.66. The minimum Gasteiger partial charge on any atom is -0.294 e. The molecule has 2 aromatic rings. The van der Waals surface area contributed by atoms with Crippen molar-refractivity contribution < 1.29 is 4.79 Å². The van der Waals surface area contributed by atoms with E-state index in [0.717, 1.165) is 18.4 Å². The minimum atomic E-state index is 0.352. The lowest BCUT2D eigenvalue weighted by Crippen LogP contribution is -2.11. The van der Waals surface area contributed by atoms with E-state index in [1.54, 1.807) is 5.56 Å². The van der Waals surface area contributed by atoms with Gasteiger partial charge >= 0.3 is 0 Å². The van der Waals surface area contributed by atoms with Crippen LogP contribution in [0.4, 0.5) is 0 Å². The summed E-state index contributed by atoms with van der Waals surface area (Å²) in [5.41, 5.74) is 9.70. The van der Waals surface area contributed by atoms with Crippen LogP contribution >= 0.6 is 0 Å². The molecule has 0 amide bonds. The topological polar surface area (TPSA) is 17.1 Å². The molecule has 0 bridgehead atoms. The molecule has 0 spiro atoms. The smallest absolute Gasteiger partial charge is 0.163 e. The van der Waals surface area contributed by atoms with E-state index in [9.17, 15) is 4.79 Å². The molecule has 0 saturated carbocycles. The highest BCUT2D eigenvalue weighted by Crippen LogP contribution is 2.53. The van der Waals surface area contributed by atoms with Gasteiger partial charge in [0.1, 0.15) is 0 Å². The number of fused-ring (bicyclic) bond motifs is 5. The van der Waals surface area contributed by atoms with Crippen LogP contribution in [0.15, 0.2) is 30.3 Å². The Balaban J connectivity index is 1.91. The van der Waals surface area contributed by atoms with E-state index in [-0.39, 0.29) is 0 Å². The zero-order chi connectivity index (χ0) is 13.3. The molecule has 0 fully saturated rings. The predicted molar refractivity (Wildman–Crippen MR) is 79.3 cm³/mol. The van der Waals surface area contributed by atoms with Gasteiger partial charge in [0.25, 0.3) is 0 Å². The fourth-order valence-corrected chi connectivity index (χ4v) is 4.60. The monoisotopic (exact) mass is 260 g/mol. The van der Waals surface area contributed by atoms with Crippen molar-refractivity contribution in [3.8, 4) is 11.1 Å². The quantitative estimate of drug-likeness (QED) is 0.691. The summed E-state index contributed by atoms with van der Waals surface area (Å²) < 4.78 is 0. The van der Waals surface area contributed by atoms with Crippen LogP contribution in [0.3, 0.4) is 0 Å². The highest BCUT2D eigenvalue weighted by Gasteiger charge is 2.37. The first-order valence-electron chi connectivity index (χ1n) is 7.66. The highest BCUT2D eigenvalue weighted by atomic mass is 16.1. The molecule has 1 atom stereocenters. The van der Waals surface area contributed by atoms with E-state index in [2.05, 4.69) is 30.3 Å². The van der Waals surface area contributed by atoms with Gasteiger partial charge in [0, 0.05) is 17.9 Å². The molecular formula is C19H16O. The number of benzene rings is 2. The first kappa shape index (κ1) is 10.8. The molecule has 5 rings (SSSR count). The maximum absolute atomic E-state index is 12.1. The van der Waals surface area contributed by atoms with E-state index in [1.807, 2.05) is 0 Å². The molecule has 0 heterocycles. The molecule has 3 aliphatic carbocycles. The summed E-state index contributed by atoms with van der Waals surface area (Å²) in [7, 11) is 0. The van der Waals surface area contributed by atoms with Crippen LogP contribution in [0.2, 0.25) is 0 Å². The lowest BCUT2D eigenvalue weighted by Gasteiger charge is -2.25. The van der Waals surface area contributed by atoms with Crippen molar-refractivity contribution in [2.24, 2.45) is 0 Å². The number of hydrogen-bond acceptors (Lipinski definition) is 1. The Bertz CT molecular complexity index is 770. The fraction of sp³-hybridized carbons (Fsp3) is 0.316. The summed E-state index contributed by atoms with van der Waals surface area (Å²) in [6.45, 7) is 0. The maximum Gasteiger partial charge on any atom is 0.163 e. The second-order valence-corrected chi connectivity index (χ2v) is 6.30. The van der Waals surface area contributed by atoms with Gasteiger partial charge in [-0.05, 0) is 65.1 Å². The van der Waals surface area contributed by atoms with Crippen LogP contribution in [0, 0.1) is 0 Å². The Hall–Kier alpha value is -1.89. The van der Waals surface area contributed by atoms with Crippen LogP contribution in [0.25, 0.3) is 11.1 Å². The van der Waals surface area contributed by atoms with Gasteiger partial charge in [0.15, 0.2) is 5.78 Å². The van der Waals surface area contributed by atoms with Gasteiger partial charge in [0.05, 0.1) is 0 Å². The molecule has 0 unspecified atom stereocenters. The van der Waals surface area contributed by atoms with Gasteiger partial charge in [-0.3, -0.25) is 4.79 Å². The van der Waals surface area contributed by atoms with Gasteiger partial charge < -0.3 is 0 Å². The van der Waals surface area contributed by atoms with Gasteiger partial charge in [-0.2, -0.15) is 0 Å². The fourth-order valence-electron chi connectivity index (χ4n) is 4.60. The molecule has 0 aliphatic heterocycles. The number of carbonyl (C=O) groups excluding carboxylic acids is 1. The van der Waals surface area contributed by atoms with E-state index in [4.69, 9.17) is 0 Å². The number of ketones is 1. The van der Waals surface area contributed by atoms with Crippen LogP contribution in [-0.2, 0) is 12.8 Å². The third-order valence-corrected chi connectivity index (χ3v) is 5.39. The van der Waals surface area contributed by atoms with E-state index >= 15 is 0 Å². The van der Waals surface area contributed by atoms with Gasteiger partial charge in [-0.15, -0.1) is 0 Å². The largest absolute Gasteiger partial charge is 0.294 e.